The van der Waals surface area contributed by atoms with Gasteiger partial charge in [0, 0.05) is 5.41 Å². The van der Waals surface area contributed by atoms with Crippen LogP contribution in [0.3, 0.4) is 0 Å². The normalized spacial score (nSPS) is 12.9. The van der Waals surface area contributed by atoms with Crippen LogP contribution < -0.4 is 0 Å². The molecule has 0 aliphatic carbocycles. The molecule has 90 valence electrons. The minimum atomic E-state index is -4.57. The lowest BCUT2D eigenvalue weighted by molar-refractivity contribution is -0.121. The average Bonchev–Trinajstić information content (AvgIpc) is 2.10. The van der Waals surface area contributed by atoms with Gasteiger partial charge in [0.25, 0.3) is 0 Å². The van der Waals surface area contributed by atoms with Gasteiger partial charge in [-0.25, -0.2) is 0 Å². The van der Waals surface area contributed by atoms with Gasteiger partial charge in [-0.15, -0.1) is 0 Å². The maximum atomic E-state index is 11.4. The summed E-state index contributed by atoms with van der Waals surface area (Å²) in [5, 5.41) is 0. The molecule has 0 aliphatic rings. The van der Waals surface area contributed by atoms with Crippen LogP contribution in [0.2, 0.25) is 0 Å². The van der Waals surface area contributed by atoms with Crippen LogP contribution in [0.4, 0.5) is 0 Å². The Morgan fingerprint density at radius 1 is 1.20 bits per heavy atom. The molecule has 0 fully saturated rings. The number of carbonyl (C=O) groups excluding carboxylic acids is 1. The summed E-state index contributed by atoms with van der Waals surface area (Å²) in [6.45, 7) is 5.28. The lowest BCUT2D eigenvalue weighted by Crippen LogP contribution is -2.24. The van der Waals surface area contributed by atoms with Crippen LogP contribution >= 0.6 is 7.60 Å². The second-order valence-electron chi connectivity index (χ2n) is 4.54. The summed E-state index contributed by atoms with van der Waals surface area (Å²) >= 11 is 0. The average molecular weight is 236 g/mol. The molecule has 5 heteroatoms. The van der Waals surface area contributed by atoms with Crippen molar-refractivity contribution in [2.24, 2.45) is 5.41 Å². The first-order valence-electron chi connectivity index (χ1n) is 5.32. The van der Waals surface area contributed by atoms with E-state index in [0.717, 1.165) is 25.7 Å². The van der Waals surface area contributed by atoms with Crippen molar-refractivity contribution >= 4 is 13.1 Å². The summed E-state index contributed by atoms with van der Waals surface area (Å²) < 4.78 is 10.8. The number of rotatable bonds is 7. The summed E-state index contributed by atoms with van der Waals surface area (Å²) in [7, 11) is -4.57. The van der Waals surface area contributed by atoms with Gasteiger partial charge in [0.1, 0.15) is 0 Å². The molecule has 0 aromatic rings. The topological polar surface area (TPSA) is 74.6 Å². The third-order valence-corrected chi connectivity index (χ3v) is 3.63. The predicted molar refractivity (Wildman–Crippen MR) is 59.6 cm³/mol. The molecule has 2 N–H and O–H groups in total. The Balaban J connectivity index is 4.18. The Morgan fingerprint density at radius 3 is 2.13 bits per heavy atom. The van der Waals surface area contributed by atoms with E-state index in [-0.39, 0.29) is 0 Å². The molecule has 0 amide bonds. The van der Waals surface area contributed by atoms with Crippen molar-refractivity contribution in [3.63, 3.8) is 0 Å². The molecule has 0 rings (SSSR count). The SMILES string of the molecule is CCCCCCC(C)(C)C(=O)P(=O)(O)O. The Labute approximate surface area is 91.2 Å². The molecule has 0 spiro atoms. The van der Waals surface area contributed by atoms with Crippen molar-refractivity contribution in [1.29, 1.82) is 0 Å². The van der Waals surface area contributed by atoms with Crippen molar-refractivity contribution in [2.75, 3.05) is 0 Å². The molecule has 0 bridgehead atoms. The number of hydrogen-bond acceptors (Lipinski definition) is 2. The molecule has 0 aromatic heterocycles. The van der Waals surface area contributed by atoms with Crippen molar-refractivity contribution < 1.29 is 19.1 Å². The molecule has 0 unspecified atom stereocenters. The maximum Gasteiger partial charge on any atom is 0.392 e. The molecular weight excluding hydrogens is 215 g/mol. The van der Waals surface area contributed by atoms with Gasteiger partial charge in [-0.1, -0.05) is 46.5 Å². The van der Waals surface area contributed by atoms with Gasteiger partial charge in [-0.3, -0.25) is 9.36 Å². The zero-order valence-electron chi connectivity index (χ0n) is 9.69. The van der Waals surface area contributed by atoms with Crippen LogP contribution in [0.5, 0.6) is 0 Å². The second-order valence-corrected chi connectivity index (χ2v) is 6.04. The molecule has 0 saturated heterocycles. The number of hydrogen-bond donors (Lipinski definition) is 2. The second kappa shape index (κ2) is 5.78. The van der Waals surface area contributed by atoms with Crippen molar-refractivity contribution in [1.82, 2.24) is 0 Å². The summed E-state index contributed by atoms with van der Waals surface area (Å²) in [5.74, 6) is 0. The first kappa shape index (κ1) is 14.8. The van der Waals surface area contributed by atoms with E-state index in [1.807, 2.05) is 0 Å². The van der Waals surface area contributed by atoms with Gasteiger partial charge in [-0.2, -0.15) is 0 Å². The Hall–Kier alpha value is -0.180. The van der Waals surface area contributed by atoms with E-state index in [2.05, 4.69) is 6.92 Å². The fourth-order valence-electron chi connectivity index (χ4n) is 1.49. The molecule has 4 nitrogen and oxygen atoms in total. The Morgan fingerprint density at radius 2 is 1.73 bits per heavy atom. The minimum Gasteiger partial charge on any atom is -0.319 e. The quantitative estimate of drug-likeness (QED) is 0.526. The standard InChI is InChI=1S/C10H21O4P/c1-4-5-6-7-8-10(2,3)9(11)15(12,13)14/h4-8H2,1-3H3,(H2,12,13,14). The van der Waals surface area contributed by atoms with Gasteiger partial charge >= 0.3 is 7.60 Å². The summed E-state index contributed by atoms with van der Waals surface area (Å²) in [6.07, 6.45) is 4.59. The summed E-state index contributed by atoms with van der Waals surface area (Å²) in [6, 6.07) is 0. The Kier molecular flexibility index (Phi) is 5.71. The van der Waals surface area contributed by atoms with E-state index < -0.39 is 18.5 Å². The molecular formula is C10H21O4P. The van der Waals surface area contributed by atoms with E-state index in [9.17, 15) is 9.36 Å². The highest BCUT2D eigenvalue weighted by Crippen LogP contribution is 2.45. The number of carbonyl (C=O) groups is 1. The molecule has 0 saturated carbocycles. The van der Waals surface area contributed by atoms with Crippen molar-refractivity contribution in [2.45, 2.75) is 52.9 Å². The fraction of sp³-hybridized carbons (Fsp3) is 0.900. The van der Waals surface area contributed by atoms with Gasteiger partial charge in [0.2, 0.25) is 5.52 Å². The van der Waals surface area contributed by atoms with E-state index in [1.165, 1.54) is 0 Å². The highest BCUT2D eigenvalue weighted by Gasteiger charge is 2.39. The van der Waals surface area contributed by atoms with Crippen LogP contribution in [-0.2, 0) is 9.36 Å². The predicted octanol–water partition coefficient (Wildman–Crippen LogP) is 2.69. The zero-order valence-corrected chi connectivity index (χ0v) is 10.6. The van der Waals surface area contributed by atoms with Crippen LogP contribution in [0.15, 0.2) is 0 Å². The first-order chi connectivity index (χ1) is 6.72. The van der Waals surface area contributed by atoms with E-state index >= 15 is 0 Å². The van der Waals surface area contributed by atoms with Crippen LogP contribution in [0, 0.1) is 5.41 Å². The van der Waals surface area contributed by atoms with Gasteiger partial charge in [-0.05, 0) is 6.42 Å². The zero-order chi connectivity index (χ0) is 12.1. The fourth-order valence-corrected chi connectivity index (χ4v) is 2.40. The van der Waals surface area contributed by atoms with Gasteiger partial charge in [0.05, 0.1) is 0 Å². The largest absolute Gasteiger partial charge is 0.392 e. The lowest BCUT2D eigenvalue weighted by atomic mass is 9.88. The van der Waals surface area contributed by atoms with Gasteiger partial charge < -0.3 is 9.79 Å². The highest BCUT2D eigenvalue weighted by atomic mass is 31.2. The van der Waals surface area contributed by atoms with Crippen LogP contribution in [-0.4, -0.2) is 15.3 Å². The molecule has 15 heavy (non-hydrogen) atoms. The highest BCUT2D eigenvalue weighted by molar-refractivity contribution is 7.70. The summed E-state index contributed by atoms with van der Waals surface area (Å²) in [4.78, 5) is 29.0. The van der Waals surface area contributed by atoms with Crippen molar-refractivity contribution in [3.05, 3.63) is 0 Å². The van der Waals surface area contributed by atoms with Gasteiger partial charge in [0.15, 0.2) is 0 Å². The molecule has 0 aliphatic heterocycles. The summed E-state index contributed by atoms with van der Waals surface area (Å²) in [5.41, 5.74) is -1.85. The van der Waals surface area contributed by atoms with Crippen molar-refractivity contribution in [3.8, 4) is 0 Å². The number of unbranched alkanes of at least 4 members (excludes halogenated alkanes) is 3. The minimum absolute atomic E-state index is 0.539. The third kappa shape index (κ3) is 5.45. The first-order valence-corrected chi connectivity index (χ1v) is 6.93. The van der Waals surface area contributed by atoms with Crippen LogP contribution in [0.25, 0.3) is 0 Å². The smallest absolute Gasteiger partial charge is 0.319 e. The van der Waals surface area contributed by atoms with E-state index in [1.54, 1.807) is 13.8 Å². The van der Waals surface area contributed by atoms with E-state index in [4.69, 9.17) is 9.79 Å². The van der Waals surface area contributed by atoms with Crippen LogP contribution in [0.1, 0.15) is 52.9 Å². The molecule has 0 atom stereocenters. The maximum absolute atomic E-state index is 11.4. The molecule has 0 aromatic carbocycles. The molecule has 0 radical (unpaired) electrons. The monoisotopic (exact) mass is 236 g/mol. The lowest BCUT2D eigenvalue weighted by Gasteiger charge is -2.22. The third-order valence-electron chi connectivity index (χ3n) is 2.50. The van der Waals surface area contributed by atoms with E-state index in [0.29, 0.717) is 6.42 Å². The Bertz CT molecular complexity index is 254. The molecule has 0 heterocycles.